The number of halogens is 6. The Balaban J connectivity index is 1.50. The summed E-state index contributed by atoms with van der Waals surface area (Å²) in [5.74, 6) is -3.39. The van der Waals surface area contributed by atoms with Gasteiger partial charge in [-0.25, -0.2) is 9.59 Å². The van der Waals surface area contributed by atoms with Crippen LogP contribution in [0, 0.1) is 10.1 Å². The molecule has 49 heavy (non-hydrogen) atoms. The smallest absolute Gasteiger partial charge is 0.416 e. The van der Waals surface area contributed by atoms with Crippen molar-refractivity contribution in [2.75, 3.05) is 26.4 Å². The van der Waals surface area contributed by atoms with Gasteiger partial charge in [0.25, 0.3) is 5.69 Å². The number of dihydropyridines is 1. The molecule has 0 atom stereocenters. The van der Waals surface area contributed by atoms with Crippen LogP contribution < -0.4 is 14.8 Å². The SMILES string of the molecule is CC1=C(C(=O)OCCOc2cccc(C(F)(F)F)c2)C(c2cccc([N+](=O)[O-])c2)C(C(=O)OCCOc2cccc(C(F)(F)F)c2)=C(C)N1. The number of hydrogen-bond donors (Lipinski definition) is 1. The Morgan fingerprint density at radius 2 is 1.16 bits per heavy atom. The Bertz CT molecular complexity index is 1690. The molecule has 16 heteroatoms. The number of hydrogen-bond acceptors (Lipinski definition) is 9. The number of carbonyl (C=O) groups excluding carboxylic acids is 2. The summed E-state index contributed by atoms with van der Waals surface area (Å²) in [5.41, 5.74) is -1.79. The molecular formula is C33H28F6N2O8. The van der Waals surface area contributed by atoms with Gasteiger partial charge >= 0.3 is 24.3 Å². The number of carbonyl (C=O) groups is 2. The van der Waals surface area contributed by atoms with Gasteiger partial charge in [-0.15, -0.1) is 0 Å². The first-order valence-electron chi connectivity index (χ1n) is 14.4. The zero-order chi connectivity index (χ0) is 35.9. The van der Waals surface area contributed by atoms with Crippen molar-refractivity contribution in [1.29, 1.82) is 0 Å². The second-order valence-electron chi connectivity index (χ2n) is 10.5. The highest BCUT2D eigenvalue weighted by Crippen LogP contribution is 2.40. The largest absolute Gasteiger partial charge is 0.490 e. The third-order valence-electron chi connectivity index (χ3n) is 7.11. The average Bonchev–Trinajstić information content (AvgIpc) is 3.04. The maximum atomic E-state index is 13.5. The molecule has 0 fully saturated rings. The first-order valence-corrected chi connectivity index (χ1v) is 14.4. The first kappa shape index (κ1) is 36.3. The van der Waals surface area contributed by atoms with E-state index in [1.165, 1.54) is 50.2 Å². The van der Waals surface area contributed by atoms with Crippen LogP contribution in [-0.2, 0) is 31.4 Å². The van der Waals surface area contributed by atoms with E-state index in [0.29, 0.717) is 0 Å². The molecule has 4 rings (SSSR count). The second-order valence-corrected chi connectivity index (χ2v) is 10.5. The Kier molecular flexibility index (Phi) is 11.2. The molecule has 0 saturated heterocycles. The third kappa shape index (κ3) is 9.30. The number of rotatable bonds is 12. The van der Waals surface area contributed by atoms with Crippen molar-refractivity contribution in [3.63, 3.8) is 0 Å². The fraction of sp³-hybridized carbons (Fsp3) is 0.273. The number of nitro benzene ring substituents is 1. The quantitative estimate of drug-likeness (QED) is 0.0694. The second kappa shape index (κ2) is 15.1. The summed E-state index contributed by atoms with van der Waals surface area (Å²) < 4.78 is 99.5. The average molecular weight is 695 g/mol. The van der Waals surface area contributed by atoms with E-state index in [1.807, 2.05) is 0 Å². The minimum Gasteiger partial charge on any atom is -0.490 e. The lowest BCUT2D eigenvalue weighted by atomic mass is 9.80. The van der Waals surface area contributed by atoms with Gasteiger partial charge in [0.2, 0.25) is 0 Å². The normalized spacial score (nSPS) is 13.9. The Labute approximate surface area is 275 Å². The lowest BCUT2D eigenvalue weighted by Crippen LogP contribution is -2.33. The Morgan fingerprint density at radius 3 is 1.59 bits per heavy atom. The number of allylic oxidation sites excluding steroid dienone is 2. The van der Waals surface area contributed by atoms with E-state index in [1.54, 1.807) is 0 Å². The van der Waals surface area contributed by atoms with Gasteiger partial charge in [0, 0.05) is 23.5 Å². The Morgan fingerprint density at radius 1 is 0.714 bits per heavy atom. The lowest BCUT2D eigenvalue weighted by Gasteiger charge is -2.30. The van der Waals surface area contributed by atoms with Gasteiger partial charge in [-0.05, 0) is 55.8 Å². The molecule has 10 nitrogen and oxygen atoms in total. The van der Waals surface area contributed by atoms with E-state index in [9.17, 15) is 46.0 Å². The maximum absolute atomic E-state index is 13.5. The molecule has 0 aromatic heterocycles. The van der Waals surface area contributed by atoms with Gasteiger partial charge in [-0.3, -0.25) is 10.1 Å². The van der Waals surface area contributed by atoms with Gasteiger partial charge in [0.1, 0.15) is 37.9 Å². The predicted octanol–water partition coefficient (Wildman–Crippen LogP) is 7.11. The highest BCUT2D eigenvalue weighted by molar-refractivity contribution is 6.00. The molecule has 1 N–H and O–H groups in total. The van der Waals surface area contributed by atoms with E-state index < -0.39 is 59.5 Å². The van der Waals surface area contributed by atoms with E-state index >= 15 is 0 Å². The fourth-order valence-corrected chi connectivity index (χ4v) is 4.95. The molecular weight excluding hydrogens is 666 g/mol. The lowest BCUT2D eigenvalue weighted by molar-refractivity contribution is -0.384. The maximum Gasteiger partial charge on any atom is 0.416 e. The van der Waals surface area contributed by atoms with Crippen LogP contribution >= 0.6 is 0 Å². The molecule has 1 aliphatic rings. The standard InChI is InChI=1S/C33H28F6N2O8/c1-19-27(30(42)48-14-12-46-25-10-4-7-22(17-25)32(34,35)36)29(21-6-3-9-24(16-21)41(44)45)28(20(2)40-19)31(43)49-15-13-47-26-11-5-8-23(18-26)33(37,38)39/h3-11,16-18,29,40H,12-15H2,1-2H3. The number of nitro groups is 1. The van der Waals surface area contributed by atoms with E-state index in [0.717, 1.165) is 36.4 Å². The number of ether oxygens (including phenoxy) is 4. The third-order valence-corrected chi connectivity index (χ3v) is 7.11. The van der Waals surface area contributed by atoms with Gasteiger partial charge in [0.15, 0.2) is 0 Å². The molecule has 0 spiro atoms. The summed E-state index contributed by atoms with van der Waals surface area (Å²) in [6, 6.07) is 13.4. The van der Waals surface area contributed by atoms with Crippen LogP contribution in [0.5, 0.6) is 11.5 Å². The highest BCUT2D eigenvalue weighted by atomic mass is 19.4. The summed E-state index contributed by atoms with van der Waals surface area (Å²) >= 11 is 0. The van der Waals surface area contributed by atoms with E-state index in [-0.39, 0.29) is 58.5 Å². The Hall–Kier alpha value is -5.54. The minimum atomic E-state index is -4.59. The number of alkyl halides is 6. The van der Waals surface area contributed by atoms with Crippen molar-refractivity contribution in [3.05, 3.63) is 122 Å². The van der Waals surface area contributed by atoms with Gasteiger partial charge < -0.3 is 24.3 Å². The predicted molar refractivity (Wildman–Crippen MR) is 160 cm³/mol. The zero-order valence-corrected chi connectivity index (χ0v) is 25.8. The monoisotopic (exact) mass is 694 g/mol. The van der Waals surface area contributed by atoms with Crippen molar-refractivity contribution < 1.29 is 59.8 Å². The van der Waals surface area contributed by atoms with Gasteiger partial charge in [-0.2, -0.15) is 26.3 Å². The van der Waals surface area contributed by atoms with E-state index in [4.69, 9.17) is 18.9 Å². The number of benzene rings is 3. The number of esters is 2. The molecule has 1 aliphatic heterocycles. The van der Waals surface area contributed by atoms with Gasteiger partial charge in [-0.1, -0.05) is 24.3 Å². The van der Waals surface area contributed by atoms with Gasteiger partial charge in [0.05, 0.1) is 33.1 Å². The summed E-state index contributed by atoms with van der Waals surface area (Å²) in [6.07, 6.45) is -9.18. The first-order chi connectivity index (χ1) is 23.1. The van der Waals surface area contributed by atoms with Crippen LogP contribution in [0.3, 0.4) is 0 Å². The molecule has 1 heterocycles. The van der Waals surface area contributed by atoms with Crippen LogP contribution in [-0.4, -0.2) is 43.3 Å². The molecule has 0 amide bonds. The van der Waals surface area contributed by atoms with Crippen molar-refractivity contribution >= 4 is 17.6 Å². The number of nitrogens with one attached hydrogen (secondary N) is 1. The molecule has 260 valence electrons. The van der Waals surface area contributed by atoms with Crippen molar-refractivity contribution in [2.45, 2.75) is 32.1 Å². The summed E-state index contributed by atoms with van der Waals surface area (Å²) in [6.45, 7) is 1.53. The summed E-state index contributed by atoms with van der Waals surface area (Å²) in [5, 5.41) is 14.5. The van der Waals surface area contributed by atoms with Crippen LogP contribution in [0.4, 0.5) is 32.0 Å². The topological polar surface area (TPSA) is 126 Å². The molecule has 0 bridgehead atoms. The summed E-state index contributed by atoms with van der Waals surface area (Å²) in [7, 11) is 0. The van der Waals surface area contributed by atoms with Crippen molar-refractivity contribution in [3.8, 4) is 11.5 Å². The van der Waals surface area contributed by atoms with Crippen LogP contribution in [0.1, 0.15) is 36.5 Å². The number of nitrogens with zero attached hydrogens (tertiary/aromatic N) is 1. The van der Waals surface area contributed by atoms with Crippen molar-refractivity contribution in [2.24, 2.45) is 0 Å². The molecule has 0 radical (unpaired) electrons. The van der Waals surface area contributed by atoms with E-state index in [2.05, 4.69) is 5.32 Å². The molecule has 0 unspecified atom stereocenters. The van der Waals surface area contributed by atoms with Crippen LogP contribution in [0.25, 0.3) is 0 Å². The van der Waals surface area contributed by atoms with Crippen LogP contribution in [0.2, 0.25) is 0 Å². The molecule has 3 aromatic carbocycles. The molecule has 0 aliphatic carbocycles. The zero-order valence-electron chi connectivity index (χ0n) is 25.8. The fourth-order valence-electron chi connectivity index (χ4n) is 4.95. The van der Waals surface area contributed by atoms with Crippen molar-refractivity contribution in [1.82, 2.24) is 5.32 Å². The minimum absolute atomic E-state index is 0.114. The van der Waals surface area contributed by atoms with Crippen LogP contribution in [0.15, 0.2) is 95.3 Å². The summed E-state index contributed by atoms with van der Waals surface area (Å²) in [4.78, 5) is 37.8. The number of non-ortho nitro benzene ring substituents is 1. The molecule has 3 aromatic rings. The highest BCUT2D eigenvalue weighted by Gasteiger charge is 2.39. The molecule has 0 saturated carbocycles.